The second kappa shape index (κ2) is 5.80. The summed E-state index contributed by atoms with van der Waals surface area (Å²) in [6.07, 6.45) is 0. The quantitative estimate of drug-likeness (QED) is 0.790. The molecule has 0 radical (unpaired) electrons. The Morgan fingerprint density at radius 2 is 1.75 bits per heavy atom. The van der Waals surface area contributed by atoms with Gasteiger partial charge in [0.25, 0.3) is 0 Å². The van der Waals surface area contributed by atoms with Crippen LogP contribution in [0, 0.1) is 6.92 Å². The Hall–Kier alpha value is -1.61. The van der Waals surface area contributed by atoms with E-state index in [9.17, 15) is 0 Å². The largest absolute Gasteiger partial charge is 0.484 e. The number of benzene rings is 1. The third-order valence-corrected chi connectivity index (χ3v) is 3.15. The van der Waals surface area contributed by atoms with Gasteiger partial charge in [-0.1, -0.05) is 62.7 Å². The molecule has 0 N–H and O–H groups in total. The zero-order chi connectivity index (χ0) is 14.8. The van der Waals surface area contributed by atoms with E-state index in [0.29, 0.717) is 17.5 Å². The van der Waals surface area contributed by atoms with Crippen molar-refractivity contribution in [2.75, 3.05) is 0 Å². The molecule has 106 valence electrons. The number of halogens is 1. The average molecular weight is 291 g/mol. The second-order valence-corrected chi connectivity index (χ2v) is 6.13. The van der Waals surface area contributed by atoms with E-state index in [4.69, 9.17) is 16.3 Å². The SMILES string of the molecule is Cc1nc(C(C)(C)C)nc(Cl)c1OCc1ccccc1. The van der Waals surface area contributed by atoms with Gasteiger partial charge in [0, 0.05) is 5.41 Å². The molecule has 0 aliphatic heterocycles. The van der Waals surface area contributed by atoms with Crippen LogP contribution < -0.4 is 4.74 Å². The van der Waals surface area contributed by atoms with Crippen molar-refractivity contribution in [3.8, 4) is 5.75 Å². The molecule has 0 bridgehead atoms. The first kappa shape index (κ1) is 14.8. The highest BCUT2D eigenvalue weighted by atomic mass is 35.5. The van der Waals surface area contributed by atoms with Gasteiger partial charge in [0.2, 0.25) is 0 Å². The summed E-state index contributed by atoms with van der Waals surface area (Å²) in [5.74, 6) is 1.29. The van der Waals surface area contributed by atoms with Crippen LogP contribution in [-0.2, 0) is 12.0 Å². The lowest BCUT2D eigenvalue weighted by Gasteiger charge is -2.19. The van der Waals surface area contributed by atoms with Crippen molar-refractivity contribution in [3.63, 3.8) is 0 Å². The minimum atomic E-state index is -0.133. The number of hydrogen-bond acceptors (Lipinski definition) is 3. The van der Waals surface area contributed by atoms with Crippen molar-refractivity contribution in [2.24, 2.45) is 0 Å². The van der Waals surface area contributed by atoms with E-state index in [1.54, 1.807) is 0 Å². The molecule has 3 nitrogen and oxygen atoms in total. The molecule has 0 saturated heterocycles. The third-order valence-electron chi connectivity index (χ3n) is 2.89. The molecule has 0 amide bonds. The summed E-state index contributed by atoms with van der Waals surface area (Å²) in [6, 6.07) is 9.95. The molecule has 0 saturated carbocycles. The molecule has 0 aliphatic rings. The molecule has 1 aromatic carbocycles. The number of nitrogens with zero attached hydrogens (tertiary/aromatic N) is 2. The topological polar surface area (TPSA) is 35.0 Å². The molecular formula is C16H19ClN2O. The van der Waals surface area contributed by atoms with E-state index in [2.05, 4.69) is 30.7 Å². The molecule has 0 atom stereocenters. The van der Waals surface area contributed by atoms with E-state index in [1.165, 1.54) is 0 Å². The molecule has 2 aromatic rings. The fourth-order valence-electron chi connectivity index (χ4n) is 1.76. The van der Waals surface area contributed by atoms with Crippen LogP contribution >= 0.6 is 11.6 Å². The Labute approximate surface area is 125 Å². The van der Waals surface area contributed by atoms with E-state index < -0.39 is 0 Å². The first-order valence-electron chi connectivity index (χ1n) is 6.59. The van der Waals surface area contributed by atoms with Crippen molar-refractivity contribution < 1.29 is 4.74 Å². The highest BCUT2D eigenvalue weighted by molar-refractivity contribution is 6.30. The summed E-state index contributed by atoms with van der Waals surface area (Å²) >= 11 is 6.23. The minimum Gasteiger partial charge on any atom is -0.484 e. The van der Waals surface area contributed by atoms with E-state index in [0.717, 1.165) is 17.1 Å². The molecule has 0 fully saturated rings. The Kier molecular flexibility index (Phi) is 4.29. The van der Waals surface area contributed by atoms with E-state index in [1.807, 2.05) is 37.3 Å². The first-order valence-corrected chi connectivity index (χ1v) is 6.97. The minimum absolute atomic E-state index is 0.133. The normalized spacial score (nSPS) is 11.4. The van der Waals surface area contributed by atoms with Crippen LogP contribution in [0.1, 0.15) is 37.9 Å². The maximum atomic E-state index is 6.23. The molecule has 20 heavy (non-hydrogen) atoms. The monoisotopic (exact) mass is 290 g/mol. The molecular weight excluding hydrogens is 272 g/mol. The lowest BCUT2D eigenvalue weighted by molar-refractivity contribution is 0.300. The number of rotatable bonds is 3. The molecule has 2 rings (SSSR count). The predicted octanol–water partition coefficient (Wildman–Crippen LogP) is 4.31. The van der Waals surface area contributed by atoms with Gasteiger partial charge in [-0.25, -0.2) is 9.97 Å². The first-order chi connectivity index (χ1) is 9.38. The zero-order valence-electron chi connectivity index (χ0n) is 12.3. The Morgan fingerprint density at radius 3 is 2.30 bits per heavy atom. The summed E-state index contributed by atoms with van der Waals surface area (Å²) in [5.41, 5.74) is 1.72. The molecule has 1 aromatic heterocycles. The summed E-state index contributed by atoms with van der Waals surface area (Å²) in [6.45, 7) is 8.52. The Bertz CT molecular complexity index is 568. The van der Waals surface area contributed by atoms with Gasteiger partial charge in [-0.2, -0.15) is 0 Å². The zero-order valence-corrected chi connectivity index (χ0v) is 13.0. The molecule has 0 aliphatic carbocycles. The lowest BCUT2D eigenvalue weighted by Crippen LogP contribution is -2.17. The van der Waals surface area contributed by atoms with E-state index in [-0.39, 0.29) is 5.41 Å². The molecule has 4 heteroatoms. The van der Waals surface area contributed by atoms with Crippen molar-refractivity contribution in [1.82, 2.24) is 9.97 Å². The summed E-state index contributed by atoms with van der Waals surface area (Å²) in [4.78, 5) is 8.84. The van der Waals surface area contributed by atoms with Crippen LogP contribution in [0.4, 0.5) is 0 Å². The standard InChI is InChI=1S/C16H19ClN2O/c1-11-13(20-10-12-8-6-5-7-9-12)14(17)19-15(18-11)16(2,3)4/h5-9H,10H2,1-4H3. The highest BCUT2D eigenvalue weighted by Gasteiger charge is 2.21. The van der Waals surface area contributed by atoms with Gasteiger partial charge in [-0.3, -0.25) is 0 Å². The second-order valence-electron chi connectivity index (χ2n) is 5.78. The van der Waals surface area contributed by atoms with Crippen LogP contribution in [0.3, 0.4) is 0 Å². The number of hydrogen-bond donors (Lipinski definition) is 0. The van der Waals surface area contributed by atoms with Gasteiger partial charge in [0.15, 0.2) is 10.9 Å². The van der Waals surface area contributed by atoms with Crippen molar-refractivity contribution in [1.29, 1.82) is 0 Å². The highest BCUT2D eigenvalue weighted by Crippen LogP contribution is 2.29. The summed E-state index contributed by atoms with van der Waals surface area (Å²) in [7, 11) is 0. The Morgan fingerprint density at radius 1 is 1.10 bits per heavy atom. The van der Waals surface area contributed by atoms with Gasteiger partial charge in [-0.05, 0) is 12.5 Å². The van der Waals surface area contributed by atoms with Crippen LogP contribution in [-0.4, -0.2) is 9.97 Å². The fraction of sp³-hybridized carbons (Fsp3) is 0.375. The predicted molar refractivity (Wildman–Crippen MR) is 81.3 cm³/mol. The number of ether oxygens (including phenoxy) is 1. The van der Waals surface area contributed by atoms with Gasteiger partial charge >= 0.3 is 0 Å². The lowest BCUT2D eigenvalue weighted by atomic mass is 9.95. The van der Waals surface area contributed by atoms with Crippen molar-refractivity contribution >= 4 is 11.6 Å². The van der Waals surface area contributed by atoms with Crippen LogP contribution in [0.5, 0.6) is 5.75 Å². The van der Waals surface area contributed by atoms with E-state index >= 15 is 0 Å². The molecule has 0 unspecified atom stereocenters. The van der Waals surface area contributed by atoms with Gasteiger partial charge in [0.05, 0.1) is 5.69 Å². The van der Waals surface area contributed by atoms with Crippen LogP contribution in [0.15, 0.2) is 30.3 Å². The Balaban J connectivity index is 2.21. The fourth-order valence-corrected chi connectivity index (χ4v) is 2.03. The smallest absolute Gasteiger partial charge is 0.178 e. The van der Waals surface area contributed by atoms with Crippen molar-refractivity contribution in [3.05, 3.63) is 52.6 Å². The molecule has 0 spiro atoms. The van der Waals surface area contributed by atoms with Gasteiger partial charge < -0.3 is 4.74 Å². The van der Waals surface area contributed by atoms with Crippen LogP contribution in [0.25, 0.3) is 0 Å². The number of aryl methyl sites for hydroxylation is 1. The summed E-state index contributed by atoms with van der Waals surface area (Å²) < 4.78 is 5.76. The maximum absolute atomic E-state index is 6.23. The summed E-state index contributed by atoms with van der Waals surface area (Å²) in [5, 5.41) is 0.373. The molecule has 1 heterocycles. The van der Waals surface area contributed by atoms with Gasteiger partial charge in [-0.15, -0.1) is 0 Å². The van der Waals surface area contributed by atoms with Gasteiger partial charge in [0.1, 0.15) is 12.4 Å². The maximum Gasteiger partial charge on any atom is 0.178 e. The third kappa shape index (κ3) is 3.48. The van der Waals surface area contributed by atoms with Crippen LogP contribution in [0.2, 0.25) is 5.15 Å². The van der Waals surface area contributed by atoms with Crippen molar-refractivity contribution in [2.45, 2.75) is 39.7 Å². The number of aromatic nitrogens is 2. The average Bonchev–Trinajstić information content (AvgIpc) is 2.37.